The molecule has 2 aromatic rings. The Kier molecular flexibility index (Phi) is 3.65. The standard InChI is InChI=1S/C18H20N2O3/c21-17-15-4-2-1-3-13(15)9-16(19-17)18(22)20(14-5-6-14)10-12-7-8-23-11-12/h1-4,9,12,14H,5-8,10-11H2,(H,19,21). The fourth-order valence-corrected chi connectivity index (χ4v) is 3.27. The molecule has 2 aliphatic rings. The van der Waals surface area contributed by atoms with Crippen LogP contribution in [-0.4, -0.2) is 41.6 Å². The number of H-pyrrole nitrogens is 1. The second-order valence-corrected chi connectivity index (χ2v) is 6.52. The minimum atomic E-state index is -0.202. The van der Waals surface area contributed by atoms with Crippen LogP contribution in [-0.2, 0) is 4.74 Å². The van der Waals surface area contributed by atoms with Crippen LogP contribution < -0.4 is 5.56 Å². The van der Waals surface area contributed by atoms with Gasteiger partial charge >= 0.3 is 0 Å². The van der Waals surface area contributed by atoms with Gasteiger partial charge in [-0.2, -0.15) is 0 Å². The van der Waals surface area contributed by atoms with E-state index in [1.165, 1.54) is 0 Å². The molecular formula is C18H20N2O3. The van der Waals surface area contributed by atoms with Crippen LogP contribution in [0.3, 0.4) is 0 Å². The molecule has 1 N–H and O–H groups in total. The molecule has 0 bridgehead atoms. The summed E-state index contributed by atoms with van der Waals surface area (Å²) < 4.78 is 5.42. The van der Waals surface area contributed by atoms with Crippen LogP contribution in [0.1, 0.15) is 29.8 Å². The molecule has 1 aromatic heterocycles. The summed E-state index contributed by atoms with van der Waals surface area (Å²) in [6.07, 6.45) is 3.11. The molecule has 5 heteroatoms. The Bertz CT molecular complexity index is 788. The first-order valence-electron chi connectivity index (χ1n) is 8.23. The number of hydrogen-bond acceptors (Lipinski definition) is 3. The van der Waals surface area contributed by atoms with E-state index in [0.717, 1.165) is 44.4 Å². The quantitative estimate of drug-likeness (QED) is 0.941. The third-order valence-electron chi connectivity index (χ3n) is 4.71. The first-order chi connectivity index (χ1) is 11.2. The van der Waals surface area contributed by atoms with E-state index in [2.05, 4.69) is 4.98 Å². The van der Waals surface area contributed by atoms with E-state index < -0.39 is 0 Å². The highest BCUT2D eigenvalue weighted by molar-refractivity contribution is 5.96. The van der Waals surface area contributed by atoms with Crippen LogP contribution in [0.2, 0.25) is 0 Å². The molecule has 5 nitrogen and oxygen atoms in total. The third-order valence-corrected chi connectivity index (χ3v) is 4.71. The van der Waals surface area contributed by atoms with Crippen molar-refractivity contribution < 1.29 is 9.53 Å². The Morgan fingerprint density at radius 1 is 1.26 bits per heavy atom. The molecule has 1 saturated heterocycles. The first kappa shape index (κ1) is 14.5. The molecule has 1 unspecified atom stereocenters. The maximum absolute atomic E-state index is 12.9. The Morgan fingerprint density at radius 2 is 2.09 bits per heavy atom. The molecule has 23 heavy (non-hydrogen) atoms. The number of aromatic amines is 1. The van der Waals surface area contributed by atoms with Crippen LogP contribution in [0.5, 0.6) is 0 Å². The van der Waals surface area contributed by atoms with E-state index in [9.17, 15) is 9.59 Å². The number of pyridine rings is 1. The Labute approximate surface area is 134 Å². The third kappa shape index (κ3) is 2.88. The highest BCUT2D eigenvalue weighted by Crippen LogP contribution is 2.30. The van der Waals surface area contributed by atoms with E-state index >= 15 is 0 Å². The Morgan fingerprint density at radius 3 is 2.83 bits per heavy atom. The molecule has 2 fully saturated rings. The molecule has 0 radical (unpaired) electrons. The van der Waals surface area contributed by atoms with Crippen LogP contribution in [0.15, 0.2) is 35.1 Å². The molecule has 4 rings (SSSR count). The Balaban J connectivity index is 1.64. The fourth-order valence-electron chi connectivity index (χ4n) is 3.27. The zero-order chi connectivity index (χ0) is 15.8. The van der Waals surface area contributed by atoms with Crippen molar-refractivity contribution in [3.05, 3.63) is 46.4 Å². The maximum atomic E-state index is 12.9. The summed E-state index contributed by atoms with van der Waals surface area (Å²) in [6, 6.07) is 9.46. The number of amides is 1. The average Bonchev–Trinajstić information content (AvgIpc) is 3.28. The van der Waals surface area contributed by atoms with E-state index in [1.807, 2.05) is 23.1 Å². The number of benzene rings is 1. The summed E-state index contributed by atoms with van der Waals surface area (Å²) >= 11 is 0. The predicted octanol–water partition coefficient (Wildman–Crippen LogP) is 2.17. The zero-order valence-electron chi connectivity index (χ0n) is 13.0. The lowest BCUT2D eigenvalue weighted by molar-refractivity contribution is 0.0700. The summed E-state index contributed by atoms with van der Waals surface area (Å²) in [4.78, 5) is 29.8. The number of aromatic nitrogens is 1. The van der Waals surface area contributed by atoms with Crippen molar-refractivity contribution in [2.24, 2.45) is 5.92 Å². The van der Waals surface area contributed by atoms with E-state index in [4.69, 9.17) is 4.74 Å². The summed E-state index contributed by atoms with van der Waals surface area (Å²) in [6.45, 7) is 2.23. The van der Waals surface area contributed by atoms with Gasteiger partial charge < -0.3 is 14.6 Å². The summed E-state index contributed by atoms with van der Waals surface area (Å²) in [5.41, 5.74) is 0.186. The number of hydrogen-bond donors (Lipinski definition) is 1. The highest BCUT2D eigenvalue weighted by atomic mass is 16.5. The van der Waals surface area contributed by atoms with Gasteiger partial charge in [-0.25, -0.2) is 0 Å². The highest BCUT2D eigenvalue weighted by Gasteiger charge is 2.35. The van der Waals surface area contributed by atoms with Gasteiger partial charge in [0.05, 0.1) is 6.61 Å². The normalized spacial score (nSPS) is 20.8. The lowest BCUT2D eigenvalue weighted by Crippen LogP contribution is -2.38. The minimum absolute atomic E-state index is 0.0674. The maximum Gasteiger partial charge on any atom is 0.270 e. The summed E-state index contributed by atoms with van der Waals surface area (Å²) in [7, 11) is 0. The topological polar surface area (TPSA) is 62.4 Å². The zero-order valence-corrected chi connectivity index (χ0v) is 13.0. The molecule has 2 heterocycles. The van der Waals surface area contributed by atoms with Gasteiger partial charge in [-0.15, -0.1) is 0 Å². The molecule has 1 aliphatic carbocycles. The van der Waals surface area contributed by atoms with Crippen LogP contribution in [0.4, 0.5) is 0 Å². The van der Waals surface area contributed by atoms with Crippen LogP contribution in [0.25, 0.3) is 10.8 Å². The van der Waals surface area contributed by atoms with Crippen LogP contribution in [0, 0.1) is 5.92 Å². The number of nitrogens with one attached hydrogen (secondary N) is 1. The van der Waals surface area contributed by atoms with Crippen LogP contribution >= 0.6 is 0 Å². The number of nitrogens with zero attached hydrogens (tertiary/aromatic N) is 1. The second kappa shape index (κ2) is 5.81. The van der Waals surface area contributed by atoms with Gasteiger partial charge in [0.15, 0.2) is 0 Å². The van der Waals surface area contributed by atoms with E-state index in [0.29, 0.717) is 23.0 Å². The van der Waals surface area contributed by atoms with Gasteiger partial charge in [0.1, 0.15) is 5.69 Å². The lowest BCUT2D eigenvalue weighted by atomic mass is 10.1. The molecule has 1 saturated carbocycles. The van der Waals surface area contributed by atoms with Gasteiger partial charge in [-0.3, -0.25) is 9.59 Å². The van der Waals surface area contributed by atoms with Crippen molar-refractivity contribution in [3.63, 3.8) is 0 Å². The lowest BCUT2D eigenvalue weighted by Gasteiger charge is -2.25. The molecule has 120 valence electrons. The van der Waals surface area contributed by atoms with Crippen molar-refractivity contribution in [2.45, 2.75) is 25.3 Å². The molecular weight excluding hydrogens is 292 g/mol. The Hall–Kier alpha value is -2.14. The SMILES string of the molecule is O=C(c1cc2ccccc2c(=O)[nH]1)N(CC1CCOC1)C1CC1. The average molecular weight is 312 g/mol. The summed E-state index contributed by atoms with van der Waals surface area (Å²) in [5.74, 6) is 0.342. The first-order valence-corrected chi connectivity index (χ1v) is 8.23. The number of carbonyl (C=O) groups excluding carboxylic acids is 1. The number of fused-ring (bicyclic) bond motifs is 1. The molecule has 1 aromatic carbocycles. The van der Waals surface area contributed by atoms with Gasteiger partial charge in [-0.05, 0) is 36.8 Å². The van der Waals surface area contributed by atoms with Crippen molar-refractivity contribution in [3.8, 4) is 0 Å². The number of carbonyl (C=O) groups is 1. The molecule has 1 aliphatic heterocycles. The van der Waals surface area contributed by atoms with Gasteiger partial charge in [0, 0.05) is 30.5 Å². The number of ether oxygens (including phenoxy) is 1. The smallest absolute Gasteiger partial charge is 0.270 e. The second-order valence-electron chi connectivity index (χ2n) is 6.52. The van der Waals surface area contributed by atoms with Gasteiger partial charge in [-0.1, -0.05) is 18.2 Å². The summed E-state index contributed by atoms with van der Waals surface area (Å²) in [5, 5.41) is 1.42. The fraction of sp³-hybridized carbons (Fsp3) is 0.444. The van der Waals surface area contributed by atoms with Crippen molar-refractivity contribution in [1.82, 2.24) is 9.88 Å². The monoisotopic (exact) mass is 312 g/mol. The molecule has 1 atom stereocenters. The van der Waals surface area contributed by atoms with Gasteiger partial charge in [0.2, 0.25) is 0 Å². The molecule has 1 amide bonds. The largest absolute Gasteiger partial charge is 0.381 e. The molecule has 0 spiro atoms. The predicted molar refractivity (Wildman–Crippen MR) is 87.6 cm³/mol. The van der Waals surface area contributed by atoms with Crippen molar-refractivity contribution >= 4 is 16.7 Å². The van der Waals surface area contributed by atoms with E-state index in [1.54, 1.807) is 12.1 Å². The van der Waals surface area contributed by atoms with Crippen molar-refractivity contribution in [2.75, 3.05) is 19.8 Å². The minimum Gasteiger partial charge on any atom is -0.381 e. The number of rotatable bonds is 4. The van der Waals surface area contributed by atoms with Gasteiger partial charge in [0.25, 0.3) is 11.5 Å². The van der Waals surface area contributed by atoms with E-state index in [-0.39, 0.29) is 11.5 Å². The van der Waals surface area contributed by atoms with Crippen molar-refractivity contribution in [1.29, 1.82) is 0 Å².